The van der Waals surface area contributed by atoms with E-state index in [0.717, 1.165) is 22.7 Å². The molecule has 0 saturated heterocycles. The molecule has 0 bridgehead atoms. The van der Waals surface area contributed by atoms with E-state index in [9.17, 15) is 4.79 Å². The summed E-state index contributed by atoms with van der Waals surface area (Å²) < 4.78 is 0. The molecule has 22 heavy (non-hydrogen) atoms. The van der Waals surface area contributed by atoms with Crippen molar-refractivity contribution in [3.63, 3.8) is 0 Å². The Kier molecular flexibility index (Phi) is 6.10. The molecule has 1 heterocycles. The summed E-state index contributed by atoms with van der Waals surface area (Å²) in [6, 6.07) is 8.34. The van der Waals surface area contributed by atoms with Gasteiger partial charge in [0.25, 0.3) is 0 Å². The molecule has 0 unspecified atom stereocenters. The number of hydrogen-bond donors (Lipinski definition) is 1. The molecule has 0 radical (unpaired) electrons. The number of aryl methyl sites for hydroxylation is 1. The van der Waals surface area contributed by atoms with Crippen LogP contribution in [0.25, 0.3) is 11.3 Å². The summed E-state index contributed by atoms with van der Waals surface area (Å²) in [7, 11) is 0. The molecular formula is C18H20N2OS. The number of rotatable bonds is 6. The molecular weight excluding hydrogens is 292 g/mol. The lowest BCUT2D eigenvalue weighted by molar-refractivity contribution is -0.116. The third kappa shape index (κ3) is 4.97. The summed E-state index contributed by atoms with van der Waals surface area (Å²) in [6.07, 6.45) is 7.81. The number of hydrogen-bond acceptors (Lipinski definition) is 3. The largest absolute Gasteiger partial charge is 0.352 e. The van der Waals surface area contributed by atoms with Crippen LogP contribution in [0.4, 0.5) is 0 Å². The molecule has 0 saturated carbocycles. The van der Waals surface area contributed by atoms with E-state index in [0.29, 0.717) is 6.54 Å². The van der Waals surface area contributed by atoms with Crippen molar-refractivity contribution in [3.05, 3.63) is 64.5 Å². The van der Waals surface area contributed by atoms with Crippen LogP contribution in [0.2, 0.25) is 0 Å². The Hall–Kier alpha value is -2.20. The Balaban J connectivity index is 1.83. The fourth-order valence-corrected chi connectivity index (χ4v) is 2.60. The van der Waals surface area contributed by atoms with Crippen molar-refractivity contribution in [3.8, 4) is 11.3 Å². The molecule has 1 aromatic heterocycles. The summed E-state index contributed by atoms with van der Waals surface area (Å²) in [5.41, 5.74) is 3.36. The maximum atomic E-state index is 11.5. The molecule has 0 fully saturated rings. The van der Waals surface area contributed by atoms with Gasteiger partial charge in [-0.2, -0.15) is 0 Å². The van der Waals surface area contributed by atoms with Gasteiger partial charge in [0.05, 0.1) is 10.7 Å². The van der Waals surface area contributed by atoms with Crippen LogP contribution in [0.5, 0.6) is 0 Å². The molecule has 2 rings (SSSR count). The van der Waals surface area contributed by atoms with E-state index in [2.05, 4.69) is 39.9 Å². The molecule has 0 aliphatic heterocycles. The molecule has 0 aliphatic rings. The van der Waals surface area contributed by atoms with Crippen LogP contribution in [0.3, 0.4) is 0 Å². The average Bonchev–Trinajstić information content (AvgIpc) is 2.95. The van der Waals surface area contributed by atoms with E-state index >= 15 is 0 Å². The van der Waals surface area contributed by atoms with Crippen LogP contribution in [0.1, 0.15) is 17.5 Å². The maximum absolute atomic E-state index is 11.5. The molecule has 0 spiro atoms. The van der Waals surface area contributed by atoms with E-state index < -0.39 is 0 Å². The van der Waals surface area contributed by atoms with Gasteiger partial charge in [-0.1, -0.05) is 42.5 Å². The smallest absolute Gasteiger partial charge is 0.243 e. The van der Waals surface area contributed by atoms with Crippen LogP contribution in [-0.2, 0) is 11.2 Å². The highest BCUT2D eigenvalue weighted by Crippen LogP contribution is 2.21. The number of carbonyl (C=O) groups is 1. The third-order valence-electron chi connectivity index (χ3n) is 3.13. The second-order valence-electron chi connectivity index (χ2n) is 4.87. The fourth-order valence-electron chi connectivity index (χ4n) is 1.98. The van der Waals surface area contributed by atoms with Gasteiger partial charge in [-0.25, -0.2) is 4.98 Å². The normalized spacial score (nSPS) is 11.4. The number of aromatic nitrogens is 1. The van der Waals surface area contributed by atoms with Crippen LogP contribution < -0.4 is 5.32 Å². The lowest BCUT2D eigenvalue weighted by atomic mass is 10.1. The summed E-state index contributed by atoms with van der Waals surface area (Å²) in [5, 5.41) is 6.02. The summed E-state index contributed by atoms with van der Waals surface area (Å²) >= 11 is 1.66. The van der Waals surface area contributed by atoms with Crippen molar-refractivity contribution >= 4 is 17.2 Å². The van der Waals surface area contributed by atoms with Crippen LogP contribution >= 0.6 is 11.3 Å². The topological polar surface area (TPSA) is 42.0 Å². The Morgan fingerprint density at radius 2 is 2.05 bits per heavy atom. The first-order valence-electron chi connectivity index (χ1n) is 7.27. The van der Waals surface area contributed by atoms with Gasteiger partial charge in [0.1, 0.15) is 0 Å². The van der Waals surface area contributed by atoms with Crippen molar-refractivity contribution in [1.29, 1.82) is 0 Å². The Morgan fingerprint density at radius 1 is 1.27 bits per heavy atom. The van der Waals surface area contributed by atoms with Crippen molar-refractivity contribution in [2.24, 2.45) is 0 Å². The number of nitrogens with zero attached hydrogens (tertiary/aromatic N) is 1. The zero-order chi connectivity index (χ0) is 15.8. The average molecular weight is 312 g/mol. The molecule has 1 N–H and O–H groups in total. The number of nitrogens with one attached hydrogen (secondary N) is 1. The minimum Gasteiger partial charge on any atom is -0.352 e. The van der Waals surface area contributed by atoms with E-state index in [1.807, 2.05) is 26.0 Å². The van der Waals surface area contributed by atoms with E-state index in [1.165, 1.54) is 11.6 Å². The minimum atomic E-state index is -0.0623. The van der Waals surface area contributed by atoms with Gasteiger partial charge < -0.3 is 5.32 Å². The predicted octanol–water partition coefficient (Wildman–Crippen LogP) is 3.91. The van der Waals surface area contributed by atoms with Crippen molar-refractivity contribution in [2.45, 2.75) is 20.3 Å². The van der Waals surface area contributed by atoms with Gasteiger partial charge in [0.15, 0.2) is 0 Å². The number of benzene rings is 1. The molecule has 0 aliphatic carbocycles. The van der Waals surface area contributed by atoms with Gasteiger partial charge in [-0.05, 0) is 25.8 Å². The standard InChI is InChI=1S/C18H20N2OS/c1-3-4-5-6-18(21)19-12-11-15-7-9-16(10-8-15)17-13-22-14(2)20-17/h3-10,13H,11-12H2,1-2H3,(H,19,21)/b4-3+,6-5+. The van der Waals surface area contributed by atoms with E-state index in [4.69, 9.17) is 0 Å². The zero-order valence-electron chi connectivity index (χ0n) is 12.9. The van der Waals surface area contributed by atoms with Crippen LogP contribution in [-0.4, -0.2) is 17.4 Å². The Labute approximate surface area is 135 Å². The number of carbonyl (C=O) groups excluding carboxylic acids is 1. The van der Waals surface area contributed by atoms with E-state index in [1.54, 1.807) is 17.4 Å². The molecule has 4 heteroatoms. The van der Waals surface area contributed by atoms with Crippen LogP contribution in [0.15, 0.2) is 53.9 Å². The molecule has 1 aromatic carbocycles. The fraction of sp³-hybridized carbons (Fsp3) is 0.222. The molecule has 2 aromatic rings. The lowest BCUT2D eigenvalue weighted by Crippen LogP contribution is -2.23. The number of amides is 1. The summed E-state index contributed by atoms with van der Waals surface area (Å²) in [6.45, 7) is 4.56. The van der Waals surface area contributed by atoms with Gasteiger partial charge >= 0.3 is 0 Å². The van der Waals surface area contributed by atoms with E-state index in [-0.39, 0.29) is 5.91 Å². The number of thiazole rings is 1. The molecule has 0 atom stereocenters. The second-order valence-corrected chi connectivity index (χ2v) is 5.94. The number of allylic oxidation sites excluding steroid dienone is 3. The first-order valence-corrected chi connectivity index (χ1v) is 8.15. The molecule has 114 valence electrons. The predicted molar refractivity (Wildman–Crippen MR) is 93.0 cm³/mol. The Bertz CT molecular complexity index is 669. The van der Waals surface area contributed by atoms with Gasteiger partial charge in [-0.3, -0.25) is 4.79 Å². The monoisotopic (exact) mass is 312 g/mol. The minimum absolute atomic E-state index is 0.0623. The van der Waals surface area contributed by atoms with Crippen molar-refractivity contribution < 1.29 is 4.79 Å². The highest BCUT2D eigenvalue weighted by atomic mass is 32.1. The quantitative estimate of drug-likeness (QED) is 0.649. The highest BCUT2D eigenvalue weighted by Gasteiger charge is 2.02. The van der Waals surface area contributed by atoms with Gasteiger partial charge in [-0.15, -0.1) is 11.3 Å². The second kappa shape index (κ2) is 8.29. The maximum Gasteiger partial charge on any atom is 0.243 e. The van der Waals surface area contributed by atoms with Gasteiger partial charge in [0.2, 0.25) is 5.91 Å². The first-order chi connectivity index (χ1) is 10.7. The third-order valence-corrected chi connectivity index (χ3v) is 3.91. The van der Waals surface area contributed by atoms with Gasteiger partial charge in [0, 0.05) is 23.6 Å². The van der Waals surface area contributed by atoms with Crippen molar-refractivity contribution in [1.82, 2.24) is 10.3 Å². The van der Waals surface area contributed by atoms with Crippen molar-refractivity contribution in [2.75, 3.05) is 6.54 Å². The molecule has 1 amide bonds. The lowest BCUT2D eigenvalue weighted by Gasteiger charge is -2.04. The summed E-state index contributed by atoms with van der Waals surface area (Å²) in [5.74, 6) is -0.0623. The zero-order valence-corrected chi connectivity index (χ0v) is 13.7. The highest BCUT2D eigenvalue weighted by molar-refractivity contribution is 7.09. The first kappa shape index (κ1) is 16.2. The van der Waals surface area contributed by atoms with Crippen LogP contribution in [0, 0.1) is 6.92 Å². The Morgan fingerprint density at radius 3 is 2.68 bits per heavy atom. The SMILES string of the molecule is C/C=C/C=C/C(=O)NCCc1ccc(-c2csc(C)n2)cc1. The summed E-state index contributed by atoms with van der Waals surface area (Å²) in [4.78, 5) is 16.0. The molecule has 3 nitrogen and oxygen atoms in total.